The van der Waals surface area contributed by atoms with Crippen LogP contribution in [0.3, 0.4) is 0 Å². The minimum atomic E-state index is -5.84. The van der Waals surface area contributed by atoms with Crippen molar-refractivity contribution in [3.63, 3.8) is 0 Å². The van der Waals surface area contributed by atoms with E-state index in [1.54, 1.807) is 20.8 Å². The van der Waals surface area contributed by atoms with E-state index in [-0.39, 0.29) is 0 Å². The number of rotatable bonds is 7. The Morgan fingerprint density at radius 1 is 1.11 bits per heavy atom. The van der Waals surface area contributed by atoms with E-state index < -0.39 is 55.9 Å². The first-order valence-corrected chi connectivity index (χ1v) is 9.50. The van der Waals surface area contributed by atoms with Crippen molar-refractivity contribution in [3.05, 3.63) is 35.4 Å². The van der Waals surface area contributed by atoms with Crippen LogP contribution in [0.25, 0.3) is 0 Å². The molecule has 1 N–H and O–H groups in total. The second-order valence-corrected chi connectivity index (χ2v) is 8.04. The van der Waals surface area contributed by atoms with Crippen molar-refractivity contribution in [3.8, 4) is 0 Å². The van der Waals surface area contributed by atoms with Crippen molar-refractivity contribution in [2.24, 2.45) is 5.41 Å². The molecule has 0 amide bonds. The third-order valence-electron chi connectivity index (χ3n) is 4.09. The van der Waals surface area contributed by atoms with Gasteiger partial charge in [0.2, 0.25) is 0 Å². The van der Waals surface area contributed by atoms with Gasteiger partial charge in [-0.1, -0.05) is 19.1 Å². The maximum absolute atomic E-state index is 13.6. The average molecular weight is 422 g/mol. The van der Waals surface area contributed by atoms with E-state index in [1.165, 1.54) is 12.1 Å². The molecule has 0 aliphatic heterocycles. The van der Waals surface area contributed by atoms with Crippen LogP contribution in [-0.4, -0.2) is 42.2 Å². The van der Waals surface area contributed by atoms with Gasteiger partial charge in [0, 0.05) is 0 Å². The molecule has 1 rings (SSSR count). The van der Waals surface area contributed by atoms with E-state index in [4.69, 9.17) is 9.29 Å². The molecule has 1 aromatic carbocycles. The Labute approximate surface area is 160 Å². The van der Waals surface area contributed by atoms with Crippen molar-refractivity contribution in [1.82, 2.24) is 0 Å². The molecule has 1 unspecified atom stereocenters. The number of hydrogen-bond donors (Lipinski definition) is 1. The predicted molar refractivity (Wildman–Crippen MR) is 92.3 cm³/mol. The summed E-state index contributed by atoms with van der Waals surface area (Å²) in [5.74, 6) is -3.52. The molecule has 0 radical (unpaired) electrons. The predicted octanol–water partition coefficient (Wildman–Crippen LogP) is 2.83. The molecule has 0 aliphatic carbocycles. The number of carbonyl (C=O) groups excluding carboxylic acids is 3. The number of carbonyl (C=O) groups is 3. The van der Waals surface area contributed by atoms with E-state index in [0.29, 0.717) is 13.3 Å². The second-order valence-electron chi connectivity index (χ2n) is 6.54. The molecule has 1 atom stereocenters. The molecular formula is C17H20F2O8S. The molecule has 0 aliphatic rings. The minimum Gasteiger partial charge on any atom is -0.451 e. The molecule has 156 valence electrons. The maximum Gasteiger partial charge on any atom is 0.405 e. The van der Waals surface area contributed by atoms with Gasteiger partial charge in [0.15, 0.2) is 6.10 Å². The molecule has 1 aromatic rings. The molecule has 0 saturated heterocycles. The van der Waals surface area contributed by atoms with Crippen LogP contribution < -0.4 is 0 Å². The van der Waals surface area contributed by atoms with E-state index in [2.05, 4.69) is 4.74 Å². The highest BCUT2D eigenvalue weighted by molar-refractivity contribution is 7.86. The van der Waals surface area contributed by atoms with Gasteiger partial charge in [0.25, 0.3) is 0 Å². The third-order valence-corrected chi connectivity index (χ3v) is 5.11. The van der Waals surface area contributed by atoms with Crippen LogP contribution in [0.1, 0.15) is 54.8 Å². The first-order chi connectivity index (χ1) is 12.6. The summed E-state index contributed by atoms with van der Waals surface area (Å²) in [7, 11) is -5.84. The summed E-state index contributed by atoms with van der Waals surface area (Å²) in [6.07, 6.45) is -2.19. The molecule has 0 bridgehead atoms. The first-order valence-electron chi connectivity index (χ1n) is 8.06. The van der Waals surface area contributed by atoms with E-state index >= 15 is 0 Å². The van der Waals surface area contributed by atoms with Crippen LogP contribution in [-0.2, 0) is 24.4 Å². The Hall–Kier alpha value is -2.40. The highest BCUT2D eigenvalue weighted by Gasteiger charge is 2.52. The van der Waals surface area contributed by atoms with Crippen LogP contribution in [0.4, 0.5) is 8.78 Å². The topological polar surface area (TPSA) is 124 Å². The summed E-state index contributed by atoms with van der Waals surface area (Å²) in [4.78, 5) is 36.4. The van der Waals surface area contributed by atoms with Crippen LogP contribution in [0.2, 0.25) is 0 Å². The van der Waals surface area contributed by atoms with Crippen LogP contribution in [0.15, 0.2) is 24.3 Å². The zero-order valence-corrected chi connectivity index (χ0v) is 16.4. The quantitative estimate of drug-likeness (QED) is 0.404. The number of ether oxygens (including phenoxy) is 2. The monoisotopic (exact) mass is 422 g/mol. The summed E-state index contributed by atoms with van der Waals surface area (Å²) in [5, 5.41) is -4.76. The lowest BCUT2D eigenvalue weighted by molar-refractivity contribution is -0.147. The molecular weight excluding hydrogens is 402 g/mol. The molecule has 11 heteroatoms. The van der Waals surface area contributed by atoms with Gasteiger partial charge >= 0.3 is 33.3 Å². The Kier molecular flexibility index (Phi) is 7.02. The summed E-state index contributed by atoms with van der Waals surface area (Å²) in [5.41, 5.74) is -1.93. The Morgan fingerprint density at radius 2 is 1.57 bits per heavy atom. The zero-order chi connectivity index (χ0) is 21.9. The molecule has 8 nitrogen and oxygen atoms in total. The van der Waals surface area contributed by atoms with Gasteiger partial charge in [-0.25, -0.2) is 9.59 Å². The zero-order valence-electron chi connectivity index (χ0n) is 15.6. The highest BCUT2D eigenvalue weighted by atomic mass is 32.2. The smallest absolute Gasteiger partial charge is 0.405 e. The van der Waals surface area contributed by atoms with Crippen LogP contribution in [0.5, 0.6) is 0 Å². The highest BCUT2D eigenvalue weighted by Crippen LogP contribution is 2.28. The third kappa shape index (κ3) is 5.10. The molecule has 0 fully saturated rings. The number of hydrogen-bond acceptors (Lipinski definition) is 7. The maximum atomic E-state index is 13.6. The summed E-state index contributed by atoms with van der Waals surface area (Å²) in [6.45, 7) is 5.34. The van der Waals surface area contributed by atoms with E-state index in [1.807, 2.05) is 0 Å². The first kappa shape index (κ1) is 23.6. The van der Waals surface area contributed by atoms with Gasteiger partial charge in [-0.15, -0.1) is 0 Å². The van der Waals surface area contributed by atoms with E-state index in [0.717, 1.165) is 12.1 Å². The lowest BCUT2D eigenvalue weighted by Crippen LogP contribution is -2.42. The summed E-state index contributed by atoms with van der Waals surface area (Å²) in [6, 6.07) is 4.78. The second kappa shape index (κ2) is 8.31. The Morgan fingerprint density at radius 3 is 2.00 bits per heavy atom. The van der Waals surface area contributed by atoms with Crippen molar-refractivity contribution in [2.45, 2.75) is 45.5 Å². The number of halogens is 2. The van der Waals surface area contributed by atoms with Gasteiger partial charge in [0.1, 0.15) is 0 Å². The molecule has 0 aromatic heterocycles. The summed E-state index contributed by atoms with van der Waals surface area (Å²) < 4.78 is 66.3. The van der Waals surface area contributed by atoms with Gasteiger partial charge in [-0.3, -0.25) is 9.35 Å². The van der Waals surface area contributed by atoms with Gasteiger partial charge in [-0.2, -0.15) is 17.2 Å². The fourth-order valence-corrected chi connectivity index (χ4v) is 2.23. The molecule has 28 heavy (non-hydrogen) atoms. The fourth-order valence-electron chi connectivity index (χ4n) is 1.76. The minimum absolute atomic E-state index is 0.366. The number of benzene rings is 1. The number of alkyl halides is 2. The SMILES string of the molecule is CCC(C)(C)C(=O)OC(=O)c1ccccc1C(=O)OC(C)C(F)(F)S(=O)(=O)O. The van der Waals surface area contributed by atoms with E-state index in [9.17, 15) is 31.6 Å². The van der Waals surface area contributed by atoms with Gasteiger partial charge < -0.3 is 9.47 Å². The van der Waals surface area contributed by atoms with Gasteiger partial charge in [-0.05, 0) is 39.3 Å². The van der Waals surface area contributed by atoms with Crippen LogP contribution >= 0.6 is 0 Å². The molecule has 0 heterocycles. The normalized spacial score (nSPS) is 13.5. The van der Waals surface area contributed by atoms with Crippen molar-refractivity contribution in [1.29, 1.82) is 0 Å². The largest absolute Gasteiger partial charge is 0.451 e. The lowest BCUT2D eigenvalue weighted by Gasteiger charge is -2.21. The van der Waals surface area contributed by atoms with Crippen molar-refractivity contribution >= 4 is 28.0 Å². The molecule has 0 saturated carbocycles. The standard InChI is InChI=1S/C17H20F2O8S/c1-5-16(3,4)15(22)27-14(21)12-9-7-6-8-11(12)13(20)26-10(2)17(18,19)28(23,24)25/h6-10H,5H2,1-4H3,(H,23,24,25). The van der Waals surface area contributed by atoms with Crippen molar-refractivity contribution in [2.75, 3.05) is 0 Å². The average Bonchev–Trinajstić information content (AvgIpc) is 2.60. The number of esters is 3. The van der Waals surface area contributed by atoms with Crippen molar-refractivity contribution < 1.29 is 45.6 Å². The Bertz CT molecular complexity index is 877. The summed E-state index contributed by atoms with van der Waals surface area (Å²) >= 11 is 0. The van der Waals surface area contributed by atoms with Gasteiger partial charge in [0.05, 0.1) is 16.5 Å². The molecule has 0 spiro atoms. The lowest BCUT2D eigenvalue weighted by atomic mass is 9.91. The van der Waals surface area contributed by atoms with Crippen LogP contribution in [0, 0.1) is 5.41 Å². The Balaban J connectivity index is 3.10. The fraction of sp³-hybridized carbons (Fsp3) is 0.471.